The summed E-state index contributed by atoms with van der Waals surface area (Å²) in [7, 11) is 6.44. The lowest BCUT2D eigenvalue weighted by Crippen LogP contribution is -2.63. The molecule has 0 bridgehead atoms. The van der Waals surface area contributed by atoms with Crippen molar-refractivity contribution in [2.24, 2.45) is 23.7 Å². The van der Waals surface area contributed by atoms with E-state index in [0.29, 0.717) is 19.6 Å². The van der Waals surface area contributed by atoms with Crippen LogP contribution in [-0.2, 0) is 52.2 Å². The van der Waals surface area contributed by atoms with Crippen molar-refractivity contribution < 1.29 is 72.6 Å². The number of hydrogen-bond acceptors (Lipinski definition) is 16. The summed E-state index contributed by atoms with van der Waals surface area (Å²) in [6, 6.07) is -0.727. The summed E-state index contributed by atoms with van der Waals surface area (Å²) in [5.41, 5.74) is 0.724. The highest BCUT2D eigenvalue weighted by molar-refractivity contribution is 5.91. The van der Waals surface area contributed by atoms with Gasteiger partial charge in [-0.3, -0.25) is 9.59 Å². The minimum absolute atomic E-state index is 0.0211. The van der Waals surface area contributed by atoms with E-state index in [1.165, 1.54) is 20.3 Å². The summed E-state index contributed by atoms with van der Waals surface area (Å²) < 4.78 is 54.2. The first-order chi connectivity index (χ1) is 27.9. The molecular formula is C43H75NO15. The molecule has 3 heterocycles. The number of nitrogens with zero attached hydrogens (tertiary/aromatic N) is 1. The molecule has 3 aliphatic heterocycles. The Bertz CT molecular complexity index is 1330. The van der Waals surface area contributed by atoms with Crippen LogP contribution in [0.5, 0.6) is 0 Å². The average molecular weight is 846 g/mol. The summed E-state index contributed by atoms with van der Waals surface area (Å²) >= 11 is 0. The van der Waals surface area contributed by atoms with E-state index in [4.69, 9.17) is 42.6 Å². The monoisotopic (exact) mass is 846 g/mol. The van der Waals surface area contributed by atoms with Gasteiger partial charge < -0.3 is 68.0 Å². The van der Waals surface area contributed by atoms with Gasteiger partial charge in [-0.15, -0.1) is 0 Å². The summed E-state index contributed by atoms with van der Waals surface area (Å²) in [4.78, 5) is 29.4. The first kappa shape index (κ1) is 51.5. The third kappa shape index (κ3) is 14.1. The van der Waals surface area contributed by atoms with Gasteiger partial charge in [0.05, 0.1) is 49.6 Å². The maximum absolute atomic E-state index is 13.9. The van der Waals surface area contributed by atoms with Crippen LogP contribution in [0.15, 0.2) is 23.8 Å². The second-order valence-electron chi connectivity index (χ2n) is 16.5. The van der Waals surface area contributed by atoms with Gasteiger partial charge in [0.25, 0.3) is 0 Å². The highest BCUT2D eigenvalue weighted by Crippen LogP contribution is 2.36. The third-order valence-corrected chi connectivity index (χ3v) is 11.9. The predicted octanol–water partition coefficient (Wildman–Crippen LogP) is 2.76. The van der Waals surface area contributed by atoms with E-state index in [-0.39, 0.29) is 31.7 Å². The van der Waals surface area contributed by atoms with Crippen molar-refractivity contribution in [2.45, 2.75) is 167 Å². The van der Waals surface area contributed by atoms with Crippen molar-refractivity contribution >= 4 is 11.8 Å². The maximum atomic E-state index is 13.9. The molecule has 0 saturated carbocycles. The third-order valence-electron chi connectivity index (χ3n) is 11.9. The fourth-order valence-corrected chi connectivity index (χ4v) is 8.44. The molecule has 2 saturated heterocycles. The number of ether oxygens (including phenoxy) is 9. The van der Waals surface area contributed by atoms with Crippen LogP contribution < -0.4 is 0 Å². The van der Waals surface area contributed by atoms with Crippen molar-refractivity contribution in [3.05, 3.63) is 23.8 Å². The molecule has 0 unspecified atom stereocenters. The number of carbonyl (C=O) groups excluding carboxylic acids is 2. The summed E-state index contributed by atoms with van der Waals surface area (Å²) in [5, 5.41) is 45.0. The Morgan fingerprint density at radius 1 is 0.831 bits per heavy atom. The van der Waals surface area contributed by atoms with Gasteiger partial charge in [-0.1, -0.05) is 38.5 Å². The van der Waals surface area contributed by atoms with Crippen LogP contribution in [-0.4, -0.2) is 171 Å². The zero-order valence-corrected chi connectivity index (χ0v) is 37.3. The molecule has 0 radical (unpaired) electrons. The first-order valence-corrected chi connectivity index (χ1v) is 21.3. The summed E-state index contributed by atoms with van der Waals surface area (Å²) in [5.74, 6) is -3.11. The number of cyclic esters (lactones) is 1. The van der Waals surface area contributed by atoms with Gasteiger partial charge in [-0.05, 0) is 73.5 Å². The van der Waals surface area contributed by atoms with E-state index in [9.17, 15) is 30.0 Å². The fraction of sp³-hybridized carbons (Fsp3) is 0.860. The number of carbonyl (C=O) groups is 2. The predicted molar refractivity (Wildman–Crippen MR) is 217 cm³/mol. The Kier molecular flexibility index (Phi) is 21.5. The smallest absolute Gasteiger partial charge is 0.308 e. The van der Waals surface area contributed by atoms with E-state index in [2.05, 4.69) is 0 Å². The molecule has 342 valence electrons. The quantitative estimate of drug-likeness (QED) is 0.138. The van der Waals surface area contributed by atoms with Gasteiger partial charge in [-0.25, -0.2) is 0 Å². The Hall–Kier alpha value is -1.90. The Balaban J connectivity index is 2.05. The Labute approximate surface area is 351 Å². The number of hydrogen-bond donors (Lipinski definition) is 4. The maximum Gasteiger partial charge on any atom is 0.308 e. The van der Waals surface area contributed by atoms with E-state index < -0.39 is 116 Å². The molecule has 3 aliphatic rings. The number of rotatable bonds is 15. The van der Waals surface area contributed by atoms with E-state index in [0.717, 1.165) is 5.57 Å². The van der Waals surface area contributed by atoms with E-state index in [1.54, 1.807) is 45.8 Å². The van der Waals surface area contributed by atoms with Crippen LogP contribution in [0.25, 0.3) is 0 Å². The van der Waals surface area contributed by atoms with Crippen molar-refractivity contribution in [3.63, 3.8) is 0 Å². The Morgan fingerprint density at radius 2 is 1.44 bits per heavy atom. The minimum Gasteiger partial charge on any atom is -0.462 e. The molecule has 0 spiro atoms. The van der Waals surface area contributed by atoms with E-state index in [1.807, 2.05) is 40.7 Å². The molecule has 16 nitrogen and oxygen atoms in total. The molecule has 0 aromatic rings. The lowest BCUT2D eigenvalue weighted by atomic mass is 9.79. The average Bonchev–Trinajstić information content (AvgIpc) is 3.18. The summed E-state index contributed by atoms with van der Waals surface area (Å²) in [6.45, 7) is 15.2. The summed E-state index contributed by atoms with van der Waals surface area (Å²) in [6.07, 6.45) is -6.05. The van der Waals surface area contributed by atoms with Crippen molar-refractivity contribution in [1.82, 2.24) is 4.90 Å². The van der Waals surface area contributed by atoms with Crippen LogP contribution in [0.3, 0.4) is 0 Å². The van der Waals surface area contributed by atoms with Gasteiger partial charge in [0.1, 0.15) is 30.5 Å². The van der Waals surface area contributed by atoms with Crippen molar-refractivity contribution in [2.75, 3.05) is 48.1 Å². The van der Waals surface area contributed by atoms with Crippen LogP contribution in [0, 0.1) is 23.7 Å². The van der Waals surface area contributed by atoms with Crippen LogP contribution in [0.4, 0.5) is 0 Å². The lowest BCUT2D eigenvalue weighted by Gasteiger charge is -2.47. The number of aliphatic hydroxyl groups excluding tert-OH is 4. The zero-order valence-electron chi connectivity index (χ0n) is 37.3. The number of ketones is 1. The lowest BCUT2D eigenvalue weighted by molar-refractivity contribution is -0.306. The van der Waals surface area contributed by atoms with E-state index >= 15 is 0 Å². The number of esters is 1. The topological polar surface area (TPSA) is 201 Å². The number of aliphatic hydroxyl groups is 4. The number of methoxy groups -OCH3 is 2. The Morgan fingerprint density at radius 3 is 2.02 bits per heavy atom. The largest absolute Gasteiger partial charge is 0.462 e. The second-order valence-corrected chi connectivity index (χ2v) is 16.5. The van der Waals surface area contributed by atoms with Crippen molar-refractivity contribution in [1.29, 1.82) is 0 Å². The highest BCUT2D eigenvalue weighted by atomic mass is 16.7. The molecule has 0 aliphatic carbocycles. The molecule has 17 atom stereocenters. The number of allylic oxidation sites excluding steroid dienone is 3. The highest BCUT2D eigenvalue weighted by Gasteiger charge is 2.48. The first-order valence-electron chi connectivity index (χ1n) is 21.3. The van der Waals surface area contributed by atoms with Crippen LogP contribution in [0.1, 0.15) is 81.1 Å². The van der Waals surface area contributed by atoms with Gasteiger partial charge in [0.2, 0.25) is 0 Å². The molecule has 0 amide bonds. The SMILES string of the molecule is CCOC(C[C@H]1C[C@@H](C)C(=O)/C=C/C(C)=C/[C@H](CO[C@@H]2O[C@H](C)[C@@H](O)[C@@H](OC)[C@H]2OC)[C@@H](CC)OC(=O)C[C@@H](O)[C@H](C)[C@H]1O[C@@H]1O[C@H](C)[C@@H](O)[C@H](N(C)C)[C@H]1O)OCC. The molecule has 4 N–H and O–H groups in total. The molecule has 0 aromatic heterocycles. The molecule has 0 aromatic carbocycles. The van der Waals surface area contributed by atoms with Gasteiger partial charge >= 0.3 is 5.97 Å². The van der Waals surface area contributed by atoms with Gasteiger partial charge in [0, 0.05) is 51.6 Å². The van der Waals surface area contributed by atoms with Crippen molar-refractivity contribution in [3.8, 4) is 0 Å². The molecule has 16 heteroatoms. The zero-order chi connectivity index (χ0) is 44.1. The normalized spacial score (nSPS) is 41.1. The molecular weight excluding hydrogens is 770 g/mol. The minimum atomic E-state index is -1.29. The molecule has 59 heavy (non-hydrogen) atoms. The van der Waals surface area contributed by atoms with Gasteiger partial charge in [0.15, 0.2) is 24.7 Å². The second kappa shape index (κ2) is 24.7. The van der Waals surface area contributed by atoms with Gasteiger partial charge in [-0.2, -0.15) is 0 Å². The molecule has 2 fully saturated rings. The fourth-order valence-electron chi connectivity index (χ4n) is 8.44. The molecule has 3 rings (SSSR count). The van der Waals surface area contributed by atoms with Crippen LogP contribution >= 0.6 is 0 Å². The standard InChI is InChI=1S/C43H75NO15/c1-13-32-29(22-55-43-41(52-12)40(51-11)37(49)27(8)57-43)18-23(4)16-17-30(45)24(5)19-28(20-34(53-14-2)54-15-3)39(25(6)31(46)21-33(47)58-32)59-42-38(50)35(44(9)10)36(48)26(7)56-42/h16-18,24-29,31-32,34-43,46,48-50H,13-15,19-22H2,1-12H3/b17-16+,23-18+/t24-,25+,26-,27-,28-,29-,31-,32-,35+,36-,37-,38-,39-,40-,41-,42+,43-/m1/s1. The van der Waals surface area contributed by atoms with Crippen LogP contribution in [0.2, 0.25) is 0 Å². The number of likely N-dealkylation sites (N-methyl/N-ethyl adjacent to an activating group) is 1.